The monoisotopic (exact) mass is 202 g/mol. The summed E-state index contributed by atoms with van der Waals surface area (Å²) in [6, 6.07) is 4.05. The first-order valence-corrected chi connectivity index (χ1v) is 4.99. The molecular weight excluding hydrogens is 188 g/mol. The lowest BCUT2D eigenvalue weighted by atomic mass is 10.2. The highest BCUT2D eigenvalue weighted by Crippen LogP contribution is 2.02. The van der Waals surface area contributed by atoms with Crippen LogP contribution in [0.15, 0.2) is 36.9 Å². The van der Waals surface area contributed by atoms with Crippen molar-refractivity contribution in [2.75, 3.05) is 0 Å². The Morgan fingerprint density at radius 2 is 2.00 bits per heavy atom. The van der Waals surface area contributed by atoms with Gasteiger partial charge in [-0.15, -0.1) is 0 Å². The van der Waals surface area contributed by atoms with Crippen LogP contribution in [-0.4, -0.2) is 14.5 Å². The molecule has 0 saturated heterocycles. The van der Waals surface area contributed by atoms with Crippen LogP contribution >= 0.6 is 0 Å². The fourth-order valence-corrected chi connectivity index (χ4v) is 1.53. The van der Waals surface area contributed by atoms with Gasteiger partial charge in [0.15, 0.2) is 0 Å². The van der Waals surface area contributed by atoms with E-state index in [-0.39, 0.29) is 0 Å². The van der Waals surface area contributed by atoms with Gasteiger partial charge in [-0.25, -0.2) is 4.98 Å². The first-order valence-electron chi connectivity index (χ1n) is 4.99. The van der Waals surface area contributed by atoms with E-state index in [1.807, 2.05) is 30.7 Å². The van der Waals surface area contributed by atoms with Crippen LogP contribution in [0.3, 0.4) is 0 Å². The molecule has 2 aromatic heterocycles. The van der Waals surface area contributed by atoms with Crippen molar-refractivity contribution in [1.82, 2.24) is 14.5 Å². The Labute approximate surface area is 88.8 Å². The fourth-order valence-electron chi connectivity index (χ4n) is 1.53. The average molecular weight is 202 g/mol. The van der Waals surface area contributed by atoms with Gasteiger partial charge in [0.05, 0.1) is 6.54 Å². The predicted molar refractivity (Wildman–Crippen MR) is 58.1 cm³/mol. The molecule has 2 aromatic rings. The minimum Gasteiger partial charge on any atom is -0.334 e. The number of pyridine rings is 1. The van der Waals surface area contributed by atoms with E-state index in [4.69, 9.17) is 5.73 Å². The molecule has 4 heteroatoms. The molecule has 2 N–H and O–H groups in total. The van der Waals surface area contributed by atoms with Crippen molar-refractivity contribution in [3.8, 4) is 0 Å². The summed E-state index contributed by atoms with van der Waals surface area (Å²) in [4.78, 5) is 8.16. The summed E-state index contributed by atoms with van der Waals surface area (Å²) < 4.78 is 2.08. The second-order valence-corrected chi connectivity index (χ2v) is 3.35. The molecule has 0 amide bonds. The van der Waals surface area contributed by atoms with E-state index in [0.29, 0.717) is 6.54 Å². The number of hydrogen-bond acceptors (Lipinski definition) is 3. The first-order chi connectivity index (χ1) is 7.40. The Bertz CT molecular complexity index is 408. The highest BCUT2D eigenvalue weighted by molar-refractivity contribution is 5.09. The zero-order chi connectivity index (χ0) is 10.5. The number of nitrogens with two attached hydrogens (primary N) is 1. The number of hydrogen-bond donors (Lipinski definition) is 1. The van der Waals surface area contributed by atoms with Crippen molar-refractivity contribution in [2.45, 2.75) is 19.5 Å². The van der Waals surface area contributed by atoms with Gasteiger partial charge in [-0.05, 0) is 24.1 Å². The van der Waals surface area contributed by atoms with Gasteiger partial charge in [-0.2, -0.15) is 0 Å². The standard InChI is InChI=1S/C11H14N4/c12-9-11-14-6-8-15(11)7-3-10-1-4-13-5-2-10/h1-2,4-6,8H,3,7,9,12H2. The molecule has 0 aliphatic rings. The number of imidazole rings is 1. The van der Waals surface area contributed by atoms with Crippen molar-refractivity contribution in [3.05, 3.63) is 48.3 Å². The van der Waals surface area contributed by atoms with E-state index < -0.39 is 0 Å². The smallest absolute Gasteiger partial charge is 0.122 e. The number of aromatic nitrogens is 3. The molecule has 0 radical (unpaired) electrons. The lowest BCUT2D eigenvalue weighted by Crippen LogP contribution is -2.09. The van der Waals surface area contributed by atoms with Gasteiger partial charge in [-0.3, -0.25) is 4.98 Å². The Balaban J connectivity index is 1.99. The molecule has 0 spiro atoms. The van der Waals surface area contributed by atoms with Crippen LogP contribution in [0.25, 0.3) is 0 Å². The minimum absolute atomic E-state index is 0.489. The Hall–Kier alpha value is -1.68. The Kier molecular flexibility index (Phi) is 3.09. The molecule has 0 fully saturated rings. The second kappa shape index (κ2) is 4.70. The van der Waals surface area contributed by atoms with Crippen molar-refractivity contribution < 1.29 is 0 Å². The summed E-state index contributed by atoms with van der Waals surface area (Å²) in [6.45, 7) is 1.40. The highest BCUT2D eigenvalue weighted by Gasteiger charge is 2.00. The maximum atomic E-state index is 5.57. The highest BCUT2D eigenvalue weighted by atomic mass is 15.1. The third kappa shape index (κ3) is 2.41. The zero-order valence-corrected chi connectivity index (χ0v) is 8.50. The topological polar surface area (TPSA) is 56.7 Å². The molecule has 0 saturated carbocycles. The molecule has 2 rings (SSSR count). The van der Waals surface area contributed by atoms with Crippen molar-refractivity contribution in [3.63, 3.8) is 0 Å². The summed E-state index contributed by atoms with van der Waals surface area (Å²) in [5, 5.41) is 0. The van der Waals surface area contributed by atoms with Gasteiger partial charge >= 0.3 is 0 Å². The van der Waals surface area contributed by atoms with E-state index in [2.05, 4.69) is 14.5 Å². The molecule has 2 heterocycles. The molecule has 78 valence electrons. The van der Waals surface area contributed by atoms with Crippen LogP contribution in [-0.2, 0) is 19.5 Å². The maximum Gasteiger partial charge on any atom is 0.122 e. The van der Waals surface area contributed by atoms with Gasteiger partial charge in [0.1, 0.15) is 5.82 Å². The van der Waals surface area contributed by atoms with Crippen LogP contribution in [0.5, 0.6) is 0 Å². The van der Waals surface area contributed by atoms with Gasteiger partial charge in [0.2, 0.25) is 0 Å². The summed E-state index contributed by atoms with van der Waals surface area (Å²) in [7, 11) is 0. The third-order valence-corrected chi connectivity index (χ3v) is 2.38. The molecule has 0 aliphatic heterocycles. The zero-order valence-electron chi connectivity index (χ0n) is 8.50. The lowest BCUT2D eigenvalue weighted by Gasteiger charge is -2.05. The molecule has 0 unspecified atom stereocenters. The van der Waals surface area contributed by atoms with Gasteiger partial charge in [0.25, 0.3) is 0 Å². The number of aryl methyl sites for hydroxylation is 2. The molecule has 4 nitrogen and oxygen atoms in total. The quantitative estimate of drug-likeness (QED) is 0.804. The van der Waals surface area contributed by atoms with Crippen molar-refractivity contribution in [2.24, 2.45) is 5.73 Å². The van der Waals surface area contributed by atoms with Crippen LogP contribution in [0.1, 0.15) is 11.4 Å². The molecule has 0 atom stereocenters. The van der Waals surface area contributed by atoms with Gasteiger partial charge < -0.3 is 10.3 Å². The summed E-state index contributed by atoms with van der Waals surface area (Å²) >= 11 is 0. The number of nitrogens with zero attached hydrogens (tertiary/aromatic N) is 3. The second-order valence-electron chi connectivity index (χ2n) is 3.35. The van der Waals surface area contributed by atoms with Crippen LogP contribution in [0, 0.1) is 0 Å². The maximum absolute atomic E-state index is 5.57. The normalized spacial score (nSPS) is 10.5. The Morgan fingerprint density at radius 1 is 1.20 bits per heavy atom. The fraction of sp³-hybridized carbons (Fsp3) is 0.273. The molecule has 0 bridgehead atoms. The molecule has 15 heavy (non-hydrogen) atoms. The van der Waals surface area contributed by atoms with E-state index in [9.17, 15) is 0 Å². The third-order valence-electron chi connectivity index (χ3n) is 2.38. The molecule has 0 aromatic carbocycles. The van der Waals surface area contributed by atoms with Gasteiger partial charge in [0, 0.05) is 31.3 Å². The molecular formula is C11H14N4. The summed E-state index contributed by atoms with van der Waals surface area (Å²) in [5.41, 5.74) is 6.85. The van der Waals surface area contributed by atoms with Gasteiger partial charge in [-0.1, -0.05) is 0 Å². The van der Waals surface area contributed by atoms with Crippen molar-refractivity contribution >= 4 is 0 Å². The number of rotatable bonds is 4. The largest absolute Gasteiger partial charge is 0.334 e. The van der Waals surface area contributed by atoms with E-state index in [1.54, 1.807) is 6.20 Å². The summed E-state index contributed by atoms with van der Waals surface area (Å²) in [5.74, 6) is 0.934. The first kappa shape index (κ1) is 9.86. The predicted octanol–water partition coefficient (Wildman–Crippen LogP) is 0.979. The SMILES string of the molecule is NCc1nccn1CCc1ccncc1. The van der Waals surface area contributed by atoms with E-state index in [1.165, 1.54) is 5.56 Å². The average Bonchev–Trinajstić information content (AvgIpc) is 2.75. The van der Waals surface area contributed by atoms with Crippen LogP contribution in [0.4, 0.5) is 0 Å². The molecule has 0 aliphatic carbocycles. The lowest BCUT2D eigenvalue weighted by molar-refractivity contribution is 0.651. The van der Waals surface area contributed by atoms with E-state index in [0.717, 1.165) is 18.8 Å². The van der Waals surface area contributed by atoms with Crippen LogP contribution < -0.4 is 5.73 Å². The Morgan fingerprint density at radius 3 is 2.73 bits per heavy atom. The summed E-state index contributed by atoms with van der Waals surface area (Å²) in [6.07, 6.45) is 8.35. The van der Waals surface area contributed by atoms with Crippen LogP contribution in [0.2, 0.25) is 0 Å². The minimum atomic E-state index is 0.489. The van der Waals surface area contributed by atoms with Crippen molar-refractivity contribution in [1.29, 1.82) is 0 Å². The van der Waals surface area contributed by atoms with E-state index >= 15 is 0 Å².